The fourth-order valence-electron chi connectivity index (χ4n) is 3.67. The van der Waals surface area contributed by atoms with Crippen molar-refractivity contribution in [2.75, 3.05) is 39.3 Å². The zero-order valence-electron chi connectivity index (χ0n) is 12.1. The molecule has 1 unspecified atom stereocenters. The largest absolute Gasteiger partial charge is 0.481 e. The smallest absolute Gasteiger partial charge is 0.306 e. The second-order valence-corrected chi connectivity index (χ2v) is 8.14. The molecule has 3 heterocycles. The molecular formula is C13H23N3O4S. The number of aliphatic carboxylic acids is 1. The normalized spacial score (nSPS) is 30.4. The van der Waals surface area contributed by atoms with E-state index in [-0.39, 0.29) is 0 Å². The fraction of sp³-hybridized carbons (Fsp3) is 0.923. The summed E-state index contributed by atoms with van der Waals surface area (Å²) >= 11 is 0. The van der Waals surface area contributed by atoms with Gasteiger partial charge in [0.1, 0.15) is 0 Å². The molecule has 120 valence electrons. The summed E-state index contributed by atoms with van der Waals surface area (Å²) in [5, 5.41) is 8.99. The van der Waals surface area contributed by atoms with Gasteiger partial charge in [0, 0.05) is 38.8 Å². The van der Waals surface area contributed by atoms with Crippen LogP contribution in [-0.2, 0) is 15.0 Å². The first-order valence-electron chi connectivity index (χ1n) is 7.70. The van der Waals surface area contributed by atoms with Crippen molar-refractivity contribution in [3.8, 4) is 0 Å². The Bertz CT molecular complexity index is 502. The Morgan fingerprint density at radius 1 is 0.952 bits per heavy atom. The van der Waals surface area contributed by atoms with Crippen LogP contribution < -0.4 is 0 Å². The molecule has 3 aliphatic rings. The standard InChI is InChI=1S/C13H23N3O4S/c17-13(18)11-3-6-15(7-4-11)21(19,20)16-9-8-14-5-1-2-12(14)10-16/h11-12H,1-10H2,(H,17,18). The highest BCUT2D eigenvalue weighted by molar-refractivity contribution is 7.86. The quantitative estimate of drug-likeness (QED) is 0.780. The molecule has 0 amide bonds. The molecule has 0 aromatic rings. The summed E-state index contributed by atoms with van der Waals surface area (Å²) < 4.78 is 28.5. The van der Waals surface area contributed by atoms with Crippen molar-refractivity contribution in [1.82, 2.24) is 13.5 Å². The molecule has 0 aromatic carbocycles. The highest BCUT2D eigenvalue weighted by Gasteiger charge is 2.39. The van der Waals surface area contributed by atoms with E-state index in [0.29, 0.717) is 45.1 Å². The summed E-state index contributed by atoms with van der Waals surface area (Å²) in [5.41, 5.74) is 0. The molecule has 0 radical (unpaired) electrons. The van der Waals surface area contributed by atoms with Gasteiger partial charge >= 0.3 is 5.97 Å². The van der Waals surface area contributed by atoms with Gasteiger partial charge in [-0.2, -0.15) is 17.0 Å². The Kier molecular flexibility index (Phi) is 4.22. The molecule has 0 bridgehead atoms. The lowest BCUT2D eigenvalue weighted by molar-refractivity contribution is -0.142. The predicted octanol–water partition coefficient (Wildman–Crippen LogP) is -0.192. The van der Waals surface area contributed by atoms with Crippen LogP contribution in [0.15, 0.2) is 0 Å². The first-order chi connectivity index (χ1) is 9.98. The van der Waals surface area contributed by atoms with Gasteiger partial charge in [-0.25, -0.2) is 0 Å². The highest BCUT2D eigenvalue weighted by Crippen LogP contribution is 2.26. The molecule has 7 nitrogen and oxygen atoms in total. The van der Waals surface area contributed by atoms with E-state index in [1.54, 1.807) is 4.31 Å². The second-order valence-electron chi connectivity index (χ2n) is 6.21. The Labute approximate surface area is 125 Å². The average Bonchev–Trinajstić information content (AvgIpc) is 2.94. The van der Waals surface area contributed by atoms with Crippen molar-refractivity contribution in [3.63, 3.8) is 0 Å². The lowest BCUT2D eigenvalue weighted by atomic mass is 9.99. The summed E-state index contributed by atoms with van der Waals surface area (Å²) in [5.74, 6) is -1.21. The highest BCUT2D eigenvalue weighted by atomic mass is 32.2. The van der Waals surface area contributed by atoms with Crippen molar-refractivity contribution in [3.05, 3.63) is 0 Å². The third-order valence-electron chi connectivity index (χ3n) is 5.01. The predicted molar refractivity (Wildman–Crippen MR) is 77.0 cm³/mol. The third-order valence-corrected chi connectivity index (χ3v) is 7.01. The number of hydrogen-bond donors (Lipinski definition) is 1. The molecule has 3 fully saturated rings. The second kappa shape index (κ2) is 5.83. The maximum Gasteiger partial charge on any atom is 0.306 e. The van der Waals surface area contributed by atoms with E-state index in [0.717, 1.165) is 25.9 Å². The van der Waals surface area contributed by atoms with E-state index in [9.17, 15) is 13.2 Å². The van der Waals surface area contributed by atoms with Crippen molar-refractivity contribution < 1.29 is 18.3 Å². The molecule has 0 saturated carbocycles. The zero-order chi connectivity index (χ0) is 15.0. The average molecular weight is 317 g/mol. The Balaban J connectivity index is 1.63. The fourth-order valence-corrected chi connectivity index (χ4v) is 5.34. The number of carboxylic acids is 1. The van der Waals surface area contributed by atoms with Gasteiger partial charge in [-0.1, -0.05) is 0 Å². The molecule has 0 spiro atoms. The maximum absolute atomic E-state index is 12.7. The van der Waals surface area contributed by atoms with Crippen LogP contribution in [0.5, 0.6) is 0 Å². The summed E-state index contributed by atoms with van der Waals surface area (Å²) in [6.45, 7) is 3.69. The number of fused-ring (bicyclic) bond motifs is 1. The molecular weight excluding hydrogens is 294 g/mol. The van der Waals surface area contributed by atoms with Crippen LogP contribution >= 0.6 is 0 Å². The lowest BCUT2D eigenvalue weighted by Gasteiger charge is -2.40. The minimum Gasteiger partial charge on any atom is -0.481 e. The number of hydrogen-bond acceptors (Lipinski definition) is 4. The van der Waals surface area contributed by atoms with Gasteiger partial charge in [0.05, 0.1) is 5.92 Å². The van der Waals surface area contributed by atoms with Crippen LogP contribution in [0, 0.1) is 5.92 Å². The number of rotatable bonds is 3. The van der Waals surface area contributed by atoms with Crippen LogP contribution in [0.4, 0.5) is 0 Å². The van der Waals surface area contributed by atoms with Gasteiger partial charge < -0.3 is 5.11 Å². The third kappa shape index (κ3) is 2.94. The molecule has 3 rings (SSSR count). The topological polar surface area (TPSA) is 81.2 Å². The molecule has 8 heteroatoms. The van der Waals surface area contributed by atoms with Gasteiger partial charge in [0.2, 0.25) is 0 Å². The van der Waals surface area contributed by atoms with Crippen molar-refractivity contribution in [2.45, 2.75) is 31.7 Å². The molecule has 1 N–H and O–H groups in total. The molecule has 0 aromatic heterocycles. The van der Waals surface area contributed by atoms with Crippen LogP contribution in [-0.4, -0.2) is 78.3 Å². The molecule has 21 heavy (non-hydrogen) atoms. The minimum atomic E-state index is -3.43. The number of piperazine rings is 1. The summed E-state index contributed by atoms with van der Waals surface area (Å²) in [6, 6.07) is 0.366. The SMILES string of the molecule is O=C(O)C1CCN(S(=O)(=O)N2CCN3CCCC3C2)CC1. The van der Waals surface area contributed by atoms with Gasteiger partial charge in [0.15, 0.2) is 0 Å². The van der Waals surface area contributed by atoms with Crippen LogP contribution in [0.3, 0.4) is 0 Å². The Hall–Kier alpha value is -0.700. The van der Waals surface area contributed by atoms with E-state index in [4.69, 9.17) is 5.11 Å². The van der Waals surface area contributed by atoms with E-state index >= 15 is 0 Å². The maximum atomic E-state index is 12.7. The van der Waals surface area contributed by atoms with Crippen LogP contribution in [0.25, 0.3) is 0 Å². The van der Waals surface area contributed by atoms with Gasteiger partial charge in [-0.05, 0) is 32.2 Å². The van der Waals surface area contributed by atoms with Crippen LogP contribution in [0.1, 0.15) is 25.7 Å². The van der Waals surface area contributed by atoms with Crippen molar-refractivity contribution in [2.24, 2.45) is 5.92 Å². The molecule has 3 saturated heterocycles. The van der Waals surface area contributed by atoms with E-state index in [2.05, 4.69) is 4.90 Å². The Morgan fingerprint density at radius 2 is 1.67 bits per heavy atom. The summed E-state index contributed by atoms with van der Waals surface area (Å²) in [7, 11) is -3.43. The van der Waals surface area contributed by atoms with Gasteiger partial charge in [-0.3, -0.25) is 9.69 Å². The summed E-state index contributed by atoms with van der Waals surface area (Å²) in [6.07, 6.45) is 3.06. The van der Waals surface area contributed by atoms with Crippen molar-refractivity contribution >= 4 is 16.2 Å². The monoisotopic (exact) mass is 317 g/mol. The van der Waals surface area contributed by atoms with E-state index in [1.165, 1.54) is 4.31 Å². The van der Waals surface area contributed by atoms with Crippen molar-refractivity contribution in [1.29, 1.82) is 0 Å². The molecule has 3 aliphatic heterocycles. The number of carbonyl (C=O) groups is 1. The van der Waals surface area contributed by atoms with E-state index in [1.807, 2.05) is 0 Å². The molecule has 0 aliphatic carbocycles. The lowest BCUT2D eigenvalue weighted by Crippen LogP contribution is -2.56. The van der Waals surface area contributed by atoms with Gasteiger partial charge in [0.25, 0.3) is 10.2 Å². The van der Waals surface area contributed by atoms with Crippen LogP contribution in [0.2, 0.25) is 0 Å². The van der Waals surface area contributed by atoms with Gasteiger partial charge in [-0.15, -0.1) is 0 Å². The first kappa shape index (κ1) is 15.2. The number of carboxylic acid groups (broad SMARTS) is 1. The number of nitrogens with zero attached hydrogens (tertiary/aromatic N) is 3. The summed E-state index contributed by atoms with van der Waals surface area (Å²) in [4.78, 5) is 13.3. The minimum absolute atomic E-state index is 0.324. The zero-order valence-corrected chi connectivity index (χ0v) is 13.0. The van der Waals surface area contributed by atoms with E-state index < -0.39 is 22.1 Å². The number of piperidine rings is 1. The molecule has 1 atom stereocenters. The first-order valence-corrected chi connectivity index (χ1v) is 9.10. The Morgan fingerprint density at radius 3 is 2.33 bits per heavy atom.